The second-order valence-electron chi connectivity index (χ2n) is 8.65. The lowest BCUT2D eigenvalue weighted by Crippen LogP contribution is -2.50. The van der Waals surface area contributed by atoms with E-state index in [2.05, 4.69) is 10.4 Å². The first-order valence-corrected chi connectivity index (χ1v) is 11.4. The number of likely N-dealkylation sites (tertiary alicyclic amines) is 1. The number of nitrogens with zero attached hydrogens (tertiary/aromatic N) is 3. The second kappa shape index (κ2) is 10.4. The Labute approximate surface area is 196 Å². The molecule has 0 bridgehead atoms. The average molecular weight is 479 g/mol. The van der Waals surface area contributed by atoms with Crippen molar-refractivity contribution in [1.82, 2.24) is 20.0 Å². The number of aryl methyl sites for hydroxylation is 1. The minimum atomic E-state index is -4.64. The van der Waals surface area contributed by atoms with E-state index in [1.165, 1.54) is 30.0 Å². The van der Waals surface area contributed by atoms with Crippen LogP contribution >= 0.6 is 0 Å². The highest BCUT2D eigenvalue weighted by Crippen LogP contribution is 2.33. The third-order valence-electron chi connectivity index (χ3n) is 6.09. The highest BCUT2D eigenvalue weighted by molar-refractivity contribution is 5.93. The van der Waals surface area contributed by atoms with Gasteiger partial charge in [-0.3, -0.25) is 14.4 Å². The molecule has 0 aliphatic carbocycles. The van der Waals surface area contributed by atoms with Crippen molar-refractivity contribution in [2.24, 2.45) is 5.92 Å². The highest BCUT2D eigenvalue weighted by Gasteiger charge is 2.36. The minimum absolute atomic E-state index is 0.117. The zero-order valence-corrected chi connectivity index (χ0v) is 19.5. The van der Waals surface area contributed by atoms with Crippen LogP contribution in [0.3, 0.4) is 0 Å². The van der Waals surface area contributed by atoms with Crippen molar-refractivity contribution in [2.45, 2.75) is 58.7 Å². The number of hydrogen-bond donors (Lipinski definition) is 1. The maximum atomic E-state index is 13.6. The zero-order valence-electron chi connectivity index (χ0n) is 19.5. The molecule has 0 spiro atoms. The lowest BCUT2D eigenvalue weighted by Gasteiger charge is -2.37. The summed E-state index contributed by atoms with van der Waals surface area (Å²) < 4.78 is 41.7. The van der Waals surface area contributed by atoms with E-state index in [0.717, 1.165) is 29.7 Å². The number of aromatic nitrogens is 2. The van der Waals surface area contributed by atoms with E-state index in [-0.39, 0.29) is 29.9 Å². The molecule has 3 rings (SSSR count). The number of rotatable bonds is 6. The molecule has 34 heavy (non-hydrogen) atoms. The first kappa shape index (κ1) is 25.5. The number of benzene rings is 1. The zero-order chi connectivity index (χ0) is 25.0. The molecule has 0 unspecified atom stereocenters. The number of para-hydroxylation sites is 1. The Kier molecular flexibility index (Phi) is 7.78. The van der Waals surface area contributed by atoms with Gasteiger partial charge in [0.2, 0.25) is 11.3 Å². The lowest BCUT2D eigenvalue weighted by atomic mass is 9.92. The summed E-state index contributed by atoms with van der Waals surface area (Å²) in [6, 6.07) is 5.71. The van der Waals surface area contributed by atoms with Crippen LogP contribution in [0.25, 0.3) is 5.69 Å². The second-order valence-corrected chi connectivity index (χ2v) is 8.65. The Morgan fingerprint density at radius 2 is 1.91 bits per heavy atom. The summed E-state index contributed by atoms with van der Waals surface area (Å²) in [6.45, 7) is 5.96. The third kappa shape index (κ3) is 5.48. The molecule has 1 aliphatic rings. The Morgan fingerprint density at radius 3 is 2.59 bits per heavy atom. The van der Waals surface area contributed by atoms with Gasteiger partial charge in [0.1, 0.15) is 0 Å². The summed E-state index contributed by atoms with van der Waals surface area (Å²) in [5, 5.41) is 6.94. The molecule has 10 heteroatoms. The molecule has 2 heterocycles. The smallest absolute Gasteiger partial charge is 0.356 e. The molecular formula is C24H29F3N4O3. The van der Waals surface area contributed by atoms with E-state index < -0.39 is 34.7 Å². The fourth-order valence-corrected chi connectivity index (χ4v) is 4.11. The van der Waals surface area contributed by atoms with Gasteiger partial charge in [0.25, 0.3) is 5.91 Å². The normalized spacial score (nSPS) is 18.6. The summed E-state index contributed by atoms with van der Waals surface area (Å²) in [7, 11) is 0. The topological polar surface area (TPSA) is 84.3 Å². The molecule has 1 fully saturated rings. The van der Waals surface area contributed by atoms with Crippen molar-refractivity contribution in [3.63, 3.8) is 0 Å². The standard InChI is InChI=1S/C24H29F3N4O3/c1-4-5-12-28-22(33)17-11-10-15(2)30(14-17)23(34)21-20(32)13-16(3)31(29-21)19-9-7-6-8-18(19)24(25,26)27/h6-9,13,15,17H,4-5,10-12,14H2,1-3H3,(H,28,33)/t15-,17-/m0/s1. The molecule has 1 aliphatic heterocycles. The lowest BCUT2D eigenvalue weighted by molar-refractivity contribution is -0.137. The highest BCUT2D eigenvalue weighted by atomic mass is 19.4. The monoisotopic (exact) mass is 478 g/mol. The van der Waals surface area contributed by atoms with Crippen LogP contribution in [-0.2, 0) is 11.0 Å². The number of alkyl halides is 3. The maximum absolute atomic E-state index is 13.6. The summed E-state index contributed by atoms with van der Waals surface area (Å²) in [5.41, 5.74) is -2.19. The van der Waals surface area contributed by atoms with E-state index in [0.29, 0.717) is 19.4 Å². The molecular weight excluding hydrogens is 449 g/mol. The van der Waals surface area contributed by atoms with Crippen LogP contribution in [0.2, 0.25) is 0 Å². The third-order valence-corrected chi connectivity index (χ3v) is 6.09. The van der Waals surface area contributed by atoms with Crippen LogP contribution in [0, 0.1) is 12.8 Å². The van der Waals surface area contributed by atoms with Crippen molar-refractivity contribution in [2.75, 3.05) is 13.1 Å². The molecule has 7 nitrogen and oxygen atoms in total. The van der Waals surface area contributed by atoms with Gasteiger partial charge in [-0.1, -0.05) is 25.5 Å². The largest absolute Gasteiger partial charge is 0.418 e. The van der Waals surface area contributed by atoms with Gasteiger partial charge in [-0.2, -0.15) is 18.3 Å². The molecule has 0 saturated carbocycles. The summed E-state index contributed by atoms with van der Waals surface area (Å²) in [6.07, 6.45) is -1.68. The predicted octanol–water partition coefficient (Wildman–Crippen LogP) is 3.72. The van der Waals surface area contributed by atoms with Crippen LogP contribution in [0.15, 0.2) is 35.1 Å². The number of piperidine rings is 1. The molecule has 2 atom stereocenters. The van der Waals surface area contributed by atoms with Crippen LogP contribution in [0.5, 0.6) is 0 Å². The average Bonchev–Trinajstić information content (AvgIpc) is 2.78. The van der Waals surface area contributed by atoms with E-state index in [1.54, 1.807) is 0 Å². The first-order valence-electron chi connectivity index (χ1n) is 11.4. The van der Waals surface area contributed by atoms with E-state index >= 15 is 0 Å². The Bertz CT molecular complexity index is 1110. The van der Waals surface area contributed by atoms with Crippen molar-refractivity contribution in [3.8, 4) is 5.69 Å². The first-order chi connectivity index (χ1) is 16.0. The summed E-state index contributed by atoms with van der Waals surface area (Å²) in [5.74, 6) is -1.26. The van der Waals surface area contributed by atoms with Crippen molar-refractivity contribution in [1.29, 1.82) is 0 Å². The van der Waals surface area contributed by atoms with Gasteiger partial charge in [-0.05, 0) is 45.2 Å². The van der Waals surface area contributed by atoms with Crippen LogP contribution in [0.4, 0.5) is 13.2 Å². The number of hydrogen-bond acceptors (Lipinski definition) is 4. The van der Waals surface area contributed by atoms with Crippen LogP contribution in [0.1, 0.15) is 61.3 Å². The van der Waals surface area contributed by atoms with E-state index in [1.807, 2.05) is 13.8 Å². The predicted molar refractivity (Wildman–Crippen MR) is 121 cm³/mol. The Morgan fingerprint density at radius 1 is 1.21 bits per heavy atom. The minimum Gasteiger partial charge on any atom is -0.356 e. The molecule has 2 aromatic rings. The number of carbonyl (C=O) groups excluding carboxylic acids is 2. The SMILES string of the molecule is CCCCNC(=O)[C@H]1CC[C@H](C)N(C(=O)c2nn(-c3ccccc3C(F)(F)F)c(C)cc2=O)C1. The van der Waals surface area contributed by atoms with Gasteiger partial charge in [0.15, 0.2) is 5.69 Å². The van der Waals surface area contributed by atoms with Gasteiger partial charge >= 0.3 is 6.18 Å². The van der Waals surface area contributed by atoms with Gasteiger partial charge in [-0.15, -0.1) is 0 Å². The molecule has 1 aromatic carbocycles. The van der Waals surface area contributed by atoms with Crippen LogP contribution in [-0.4, -0.2) is 45.6 Å². The van der Waals surface area contributed by atoms with Gasteiger partial charge < -0.3 is 10.2 Å². The molecule has 0 radical (unpaired) electrons. The van der Waals surface area contributed by atoms with E-state index in [9.17, 15) is 27.6 Å². The van der Waals surface area contributed by atoms with Gasteiger partial charge in [-0.25, -0.2) is 4.68 Å². The van der Waals surface area contributed by atoms with Crippen LogP contribution < -0.4 is 10.7 Å². The number of unbranched alkanes of at least 4 members (excludes halogenated alkanes) is 1. The van der Waals surface area contributed by atoms with Gasteiger partial charge in [0.05, 0.1) is 17.2 Å². The molecule has 1 saturated heterocycles. The molecule has 1 aromatic heterocycles. The Hall–Kier alpha value is -3.17. The maximum Gasteiger partial charge on any atom is 0.418 e. The number of amides is 2. The molecule has 1 N–H and O–H groups in total. The van der Waals surface area contributed by atoms with Crippen molar-refractivity contribution in [3.05, 3.63) is 57.5 Å². The number of halogens is 3. The number of nitrogens with one attached hydrogen (secondary N) is 1. The fraction of sp³-hybridized carbons (Fsp3) is 0.500. The fourth-order valence-electron chi connectivity index (χ4n) is 4.11. The quantitative estimate of drug-likeness (QED) is 0.642. The Balaban J connectivity index is 1.94. The van der Waals surface area contributed by atoms with Crippen molar-refractivity contribution < 1.29 is 22.8 Å². The number of carbonyl (C=O) groups is 2. The molecule has 184 valence electrons. The summed E-state index contributed by atoms with van der Waals surface area (Å²) >= 11 is 0. The van der Waals surface area contributed by atoms with E-state index in [4.69, 9.17) is 0 Å². The summed E-state index contributed by atoms with van der Waals surface area (Å²) in [4.78, 5) is 39.9. The van der Waals surface area contributed by atoms with Gasteiger partial charge in [0, 0.05) is 30.9 Å². The van der Waals surface area contributed by atoms with Crippen molar-refractivity contribution >= 4 is 11.8 Å². The molecule has 2 amide bonds.